The van der Waals surface area contributed by atoms with Crippen molar-refractivity contribution in [2.24, 2.45) is 0 Å². The summed E-state index contributed by atoms with van der Waals surface area (Å²) in [6.07, 6.45) is 0. The topological polar surface area (TPSA) is 9.23 Å². The van der Waals surface area contributed by atoms with E-state index in [0.29, 0.717) is 0 Å². The van der Waals surface area contributed by atoms with E-state index in [2.05, 4.69) is 97.1 Å². The van der Waals surface area contributed by atoms with Crippen molar-refractivity contribution in [2.45, 2.75) is 0 Å². The number of rotatable bonds is 1. The van der Waals surface area contributed by atoms with Gasteiger partial charge in [0.25, 0.3) is 0 Å². The predicted octanol–water partition coefficient (Wildman–Crippen LogP) is 8.59. The monoisotopic (exact) mass is 394 g/mol. The van der Waals surface area contributed by atoms with E-state index < -0.39 is 0 Å². The van der Waals surface area contributed by atoms with E-state index in [-0.39, 0.29) is 0 Å². The van der Waals surface area contributed by atoms with Crippen molar-refractivity contribution in [1.82, 2.24) is 0 Å². The average molecular weight is 394 g/mol. The Morgan fingerprint density at radius 2 is 1.16 bits per heavy atom. The van der Waals surface area contributed by atoms with Crippen LogP contribution in [0.1, 0.15) is 0 Å². The molecule has 1 nitrogen and oxygen atoms in total. The molecule has 6 aromatic carbocycles. The Hall–Kier alpha value is -4.10. The van der Waals surface area contributed by atoms with E-state index in [1.54, 1.807) is 0 Å². The minimum atomic E-state index is 0.921. The molecule has 144 valence electrons. The minimum Gasteiger partial charge on any atom is -0.456 e. The third kappa shape index (κ3) is 2.44. The van der Waals surface area contributed by atoms with Crippen LogP contribution < -0.4 is 4.74 Å². The number of para-hydroxylation sites is 1. The number of hydrogen-bond acceptors (Lipinski definition) is 1. The third-order valence-electron chi connectivity index (χ3n) is 6.41. The Morgan fingerprint density at radius 3 is 2.16 bits per heavy atom. The molecule has 0 unspecified atom stereocenters. The van der Waals surface area contributed by atoms with Crippen molar-refractivity contribution in [1.29, 1.82) is 0 Å². The number of hydrogen-bond donors (Lipinski definition) is 0. The summed E-state index contributed by atoms with van der Waals surface area (Å²) < 4.78 is 6.19. The highest BCUT2D eigenvalue weighted by atomic mass is 16.5. The first-order valence-corrected chi connectivity index (χ1v) is 10.6. The Kier molecular flexibility index (Phi) is 3.33. The van der Waals surface area contributed by atoms with Crippen molar-refractivity contribution in [2.75, 3.05) is 0 Å². The molecule has 1 aliphatic heterocycles. The van der Waals surface area contributed by atoms with E-state index in [9.17, 15) is 0 Å². The zero-order valence-electron chi connectivity index (χ0n) is 16.8. The first kappa shape index (κ1) is 16.7. The van der Waals surface area contributed by atoms with Crippen LogP contribution in [0, 0.1) is 0 Å². The van der Waals surface area contributed by atoms with Crippen molar-refractivity contribution >= 4 is 32.3 Å². The van der Waals surface area contributed by atoms with Gasteiger partial charge >= 0.3 is 0 Å². The van der Waals surface area contributed by atoms with Gasteiger partial charge in [-0.05, 0) is 74.0 Å². The molecule has 0 bridgehead atoms. The standard InChI is InChI=1S/C30H18O/c1-2-8-24-19(6-1)12-13-21-16-20(14-15-25(21)24)23-17-22-7-5-11-29-30(22)27(18-23)26-9-3-4-10-28(26)31-29/h1-18H. The van der Waals surface area contributed by atoms with E-state index in [1.165, 1.54) is 49.0 Å². The van der Waals surface area contributed by atoms with Crippen molar-refractivity contribution in [3.05, 3.63) is 109 Å². The second-order valence-corrected chi connectivity index (χ2v) is 8.20. The molecule has 0 spiro atoms. The van der Waals surface area contributed by atoms with Gasteiger partial charge in [0.15, 0.2) is 0 Å². The lowest BCUT2D eigenvalue weighted by atomic mass is 9.90. The first-order chi connectivity index (χ1) is 15.3. The van der Waals surface area contributed by atoms with E-state index in [4.69, 9.17) is 4.74 Å². The van der Waals surface area contributed by atoms with Crippen LogP contribution in [-0.4, -0.2) is 0 Å². The molecule has 0 radical (unpaired) electrons. The SMILES string of the molecule is c1ccc2c(c1)Oc1cccc3cc(-c4ccc5c(ccc6ccccc65)c4)cc-2c13. The highest BCUT2D eigenvalue weighted by Gasteiger charge is 2.20. The van der Waals surface area contributed by atoms with Crippen LogP contribution in [0.25, 0.3) is 54.6 Å². The third-order valence-corrected chi connectivity index (χ3v) is 6.41. The number of benzene rings is 6. The van der Waals surface area contributed by atoms with Crippen LogP contribution in [0.5, 0.6) is 11.5 Å². The Labute approximate surface area is 180 Å². The second-order valence-electron chi connectivity index (χ2n) is 8.20. The predicted molar refractivity (Wildman–Crippen MR) is 130 cm³/mol. The van der Waals surface area contributed by atoms with Crippen molar-refractivity contribution in [3.8, 4) is 33.8 Å². The maximum Gasteiger partial charge on any atom is 0.135 e. The van der Waals surface area contributed by atoms with Gasteiger partial charge in [-0.2, -0.15) is 0 Å². The Bertz CT molecular complexity index is 1660. The number of ether oxygens (including phenoxy) is 1. The lowest BCUT2D eigenvalue weighted by Crippen LogP contribution is -1.97. The summed E-state index contributed by atoms with van der Waals surface area (Å²) in [5.74, 6) is 1.85. The van der Waals surface area contributed by atoms with Crippen molar-refractivity contribution in [3.63, 3.8) is 0 Å². The molecule has 1 aliphatic rings. The Morgan fingerprint density at radius 1 is 0.419 bits per heavy atom. The average Bonchev–Trinajstić information content (AvgIpc) is 2.83. The fourth-order valence-corrected chi connectivity index (χ4v) is 4.95. The van der Waals surface area contributed by atoms with Gasteiger partial charge in [-0.15, -0.1) is 0 Å². The van der Waals surface area contributed by atoms with Crippen LogP contribution in [0.2, 0.25) is 0 Å². The van der Waals surface area contributed by atoms with Crippen LogP contribution in [0.3, 0.4) is 0 Å². The normalized spacial score (nSPS) is 12.1. The molecule has 6 aromatic rings. The molecule has 1 heterocycles. The molecule has 31 heavy (non-hydrogen) atoms. The largest absolute Gasteiger partial charge is 0.456 e. The molecule has 0 aliphatic carbocycles. The van der Waals surface area contributed by atoms with Crippen LogP contribution in [-0.2, 0) is 0 Å². The fraction of sp³-hybridized carbons (Fsp3) is 0. The molecule has 0 atom stereocenters. The minimum absolute atomic E-state index is 0.921. The molecule has 0 fully saturated rings. The summed E-state index contributed by atoms with van der Waals surface area (Å²) >= 11 is 0. The summed E-state index contributed by atoms with van der Waals surface area (Å²) in [7, 11) is 0. The molecule has 0 aromatic heterocycles. The van der Waals surface area contributed by atoms with Gasteiger partial charge in [0.1, 0.15) is 11.5 Å². The maximum absolute atomic E-state index is 6.19. The van der Waals surface area contributed by atoms with Gasteiger partial charge in [-0.1, -0.05) is 78.9 Å². The van der Waals surface area contributed by atoms with Crippen LogP contribution in [0.4, 0.5) is 0 Å². The quantitative estimate of drug-likeness (QED) is 0.253. The van der Waals surface area contributed by atoms with Gasteiger partial charge in [0, 0.05) is 10.9 Å². The lowest BCUT2D eigenvalue weighted by molar-refractivity contribution is 0.487. The molecule has 0 N–H and O–H groups in total. The van der Waals surface area contributed by atoms with Crippen LogP contribution >= 0.6 is 0 Å². The maximum atomic E-state index is 6.19. The highest BCUT2D eigenvalue weighted by molar-refractivity contribution is 6.10. The molecule has 0 amide bonds. The van der Waals surface area contributed by atoms with E-state index in [0.717, 1.165) is 17.1 Å². The zero-order valence-corrected chi connectivity index (χ0v) is 16.8. The molecular formula is C30H18O. The summed E-state index contributed by atoms with van der Waals surface area (Å²) in [5, 5.41) is 7.54. The molecule has 0 saturated carbocycles. The summed E-state index contributed by atoms with van der Waals surface area (Å²) in [4.78, 5) is 0. The zero-order chi connectivity index (χ0) is 20.4. The van der Waals surface area contributed by atoms with Gasteiger partial charge in [-0.3, -0.25) is 0 Å². The van der Waals surface area contributed by atoms with E-state index >= 15 is 0 Å². The van der Waals surface area contributed by atoms with Gasteiger partial charge in [0.2, 0.25) is 0 Å². The van der Waals surface area contributed by atoms with Crippen molar-refractivity contribution < 1.29 is 4.74 Å². The molecule has 1 heteroatoms. The van der Waals surface area contributed by atoms with E-state index in [1.807, 2.05) is 12.1 Å². The van der Waals surface area contributed by atoms with Gasteiger partial charge in [0.05, 0.1) is 0 Å². The highest BCUT2D eigenvalue weighted by Crippen LogP contribution is 2.47. The second kappa shape index (κ2) is 6.20. The lowest BCUT2D eigenvalue weighted by Gasteiger charge is -2.22. The van der Waals surface area contributed by atoms with Gasteiger partial charge in [-0.25, -0.2) is 0 Å². The summed E-state index contributed by atoms with van der Waals surface area (Å²) in [6.45, 7) is 0. The first-order valence-electron chi connectivity index (χ1n) is 10.6. The molecular weight excluding hydrogens is 376 g/mol. The number of fused-ring (bicyclic) bond motifs is 5. The summed E-state index contributed by atoms with van der Waals surface area (Å²) in [5.41, 5.74) is 4.85. The van der Waals surface area contributed by atoms with Gasteiger partial charge < -0.3 is 4.74 Å². The fourth-order valence-electron chi connectivity index (χ4n) is 4.95. The smallest absolute Gasteiger partial charge is 0.135 e. The van der Waals surface area contributed by atoms with Crippen LogP contribution in [0.15, 0.2) is 109 Å². The molecule has 7 rings (SSSR count). The molecule has 0 saturated heterocycles. The Balaban J connectivity index is 1.49. The summed E-state index contributed by atoms with van der Waals surface area (Å²) in [6, 6.07) is 39.1.